The quantitative estimate of drug-likeness (QED) is 0.374. The third-order valence-corrected chi connectivity index (χ3v) is 8.37. The number of rotatable bonds is 5. The van der Waals surface area contributed by atoms with Crippen LogP contribution in [0.25, 0.3) is 28.1 Å². The molecule has 1 amide bonds. The third kappa shape index (κ3) is 4.54. The summed E-state index contributed by atoms with van der Waals surface area (Å²) in [7, 11) is 0. The molecular formula is C23H22AsFN9O2. The predicted octanol–water partition coefficient (Wildman–Crippen LogP) is 2.37. The fraction of sp³-hybridized carbons (Fsp3) is 0.348. The summed E-state index contributed by atoms with van der Waals surface area (Å²) in [6, 6.07) is 5.22. The van der Waals surface area contributed by atoms with Crippen molar-refractivity contribution in [2.75, 3.05) is 13.1 Å². The van der Waals surface area contributed by atoms with E-state index >= 15 is 0 Å². The first-order chi connectivity index (χ1) is 17.3. The topological polar surface area (TPSA) is 139 Å². The molecule has 1 radical (unpaired) electrons. The number of likely N-dealkylation sites (tertiary alicyclic amines) is 1. The van der Waals surface area contributed by atoms with E-state index in [-0.39, 0.29) is 28.8 Å². The van der Waals surface area contributed by atoms with Crippen molar-refractivity contribution in [2.45, 2.75) is 37.2 Å². The molecule has 1 aliphatic rings. The fourth-order valence-corrected chi connectivity index (χ4v) is 6.43. The first-order valence-electron chi connectivity index (χ1n) is 11.3. The molecule has 0 spiro atoms. The first kappa shape index (κ1) is 23.9. The number of pyridine rings is 2. The first-order valence-corrected chi connectivity index (χ1v) is 13.4. The van der Waals surface area contributed by atoms with Crippen molar-refractivity contribution >= 4 is 37.2 Å². The molecule has 0 aromatic carbocycles. The molecule has 1 N–H and O–H groups in total. The number of carbonyl (C=O) groups is 1. The fourth-order valence-electron chi connectivity index (χ4n) is 4.21. The molecule has 5 rings (SSSR count). The van der Waals surface area contributed by atoms with Crippen molar-refractivity contribution in [3.8, 4) is 23.1 Å². The zero-order valence-corrected chi connectivity index (χ0v) is 21.4. The number of aromatic nitrogens is 7. The van der Waals surface area contributed by atoms with Crippen molar-refractivity contribution in [2.24, 2.45) is 0 Å². The molecular weight excluding hydrogens is 528 g/mol. The van der Waals surface area contributed by atoms with Crippen LogP contribution in [0, 0.1) is 11.3 Å². The van der Waals surface area contributed by atoms with Gasteiger partial charge in [0.2, 0.25) is 0 Å². The van der Waals surface area contributed by atoms with Gasteiger partial charge in [-0.05, 0) is 0 Å². The van der Waals surface area contributed by atoms with Crippen LogP contribution in [-0.4, -0.2) is 85.9 Å². The van der Waals surface area contributed by atoms with Gasteiger partial charge in [-0.2, -0.15) is 0 Å². The summed E-state index contributed by atoms with van der Waals surface area (Å²) < 4.78 is 19.4. The van der Waals surface area contributed by atoms with Gasteiger partial charge in [0.05, 0.1) is 0 Å². The molecule has 4 aromatic heterocycles. The molecule has 4 aromatic rings. The SMILES string of the molecule is CC(C)[As]c1cc(-n2ncc3cc(C#N)cnc32)ncc1-c1cn(C2CCN(C(=O)O)CC2F)nn1. The summed E-state index contributed by atoms with van der Waals surface area (Å²) in [5.41, 5.74) is 2.49. The van der Waals surface area contributed by atoms with Crippen LogP contribution in [0.5, 0.6) is 0 Å². The Morgan fingerprint density at radius 3 is 2.83 bits per heavy atom. The van der Waals surface area contributed by atoms with Crippen LogP contribution in [0.1, 0.15) is 31.9 Å². The van der Waals surface area contributed by atoms with Crippen LogP contribution in [0.2, 0.25) is 4.71 Å². The van der Waals surface area contributed by atoms with E-state index in [1.165, 1.54) is 10.9 Å². The molecule has 36 heavy (non-hydrogen) atoms. The summed E-state index contributed by atoms with van der Waals surface area (Å²) in [5, 5.41) is 31.9. The van der Waals surface area contributed by atoms with Gasteiger partial charge >= 0.3 is 212 Å². The Labute approximate surface area is 212 Å². The maximum absolute atomic E-state index is 14.8. The van der Waals surface area contributed by atoms with Crippen LogP contribution in [0.15, 0.2) is 36.9 Å². The number of nitriles is 1. The maximum atomic E-state index is 14.8. The van der Waals surface area contributed by atoms with Crippen molar-refractivity contribution in [3.63, 3.8) is 0 Å². The van der Waals surface area contributed by atoms with Gasteiger partial charge in [-0.3, -0.25) is 0 Å². The molecule has 2 unspecified atom stereocenters. The number of hydrogen-bond donors (Lipinski definition) is 1. The predicted molar refractivity (Wildman–Crippen MR) is 129 cm³/mol. The van der Waals surface area contributed by atoms with Gasteiger partial charge in [-0.1, -0.05) is 0 Å². The Balaban J connectivity index is 1.47. The summed E-state index contributed by atoms with van der Waals surface area (Å²) in [5.74, 6) is 0.606. The molecule has 0 aliphatic carbocycles. The van der Waals surface area contributed by atoms with Gasteiger partial charge in [-0.25, -0.2) is 0 Å². The number of fused-ring (bicyclic) bond motifs is 1. The van der Waals surface area contributed by atoms with E-state index in [2.05, 4.69) is 45.3 Å². The van der Waals surface area contributed by atoms with Crippen LogP contribution in [0.3, 0.4) is 0 Å². The van der Waals surface area contributed by atoms with E-state index in [4.69, 9.17) is 10.4 Å². The van der Waals surface area contributed by atoms with Gasteiger partial charge in [0.25, 0.3) is 0 Å². The monoisotopic (exact) mass is 550 g/mol. The number of hydrogen-bond acceptors (Lipinski definition) is 7. The minimum atomic E-state index is -1.37. The van der Waals surface area contributed by atoms with Gasteiger partial charge < -0.3 is 0 Å². The van der Waals surface area contributed by atoms with Crippen LogP contribution in [-0.2, 0) is 0 Å². The number of halogens is 1. The number of carboxylic acid groups (broad SMARTS) is 1. The summed E-state index contributed by atoms with van der Waals surface area (Å²) >= 11 is -0.251. The Morgan fingerprint density at radius 2 is 2.11 bits per heavy atom. The second-order valence-electron chi connectivity index (χ2n) is 8.77. The molecule has 2 atom stereocenters. The summed E-state index contributed by atoms with van der Waals surface area (Å²) in [6.07, 6.45) is 4.45. The zero-order chi connectivity index (χ0) is 25.4. The van der Waals surface area contributed by atoms with Crippen LogP contribution < -0.4 is 4.35 Å². The summed E-state index contributed by atoms with van der Waals surface area (Å²) in [4.78, 5) is 21.2. The standard InChI is InChI=1S/C23H22AsFN9O2/c1-13(2)24-17-6-21(34-22-15(9-29-34)5-14(7-26)8-28-22)27-10-16(17)19-12-33(31-30-19)20-3-4-32(23(35)36)11-18(20)25/h5-6,8-10,12-13,18,20H,3-4,11H2,1-2H3,(H,35,36). The second kappa shape index (κ2) is 9.66. The molecule has 1 saturated heterocycles. The Bertz CT molecular complexity index is 1480. The third-order valence-electron chi connectivity index (χ3n) is 5.92. The average molecular weight is 550 g/mol. The van der Waals surface area contributed by atoms with Crippen LogP contribution in [0.4, 0.5) is 9.18 Å². The van der Waals surface area contributed by atoms with E-state index in [9.17, 15) is 9.18 Å². The van der Waals surface area contributed by atoms with E-state index in [0.29, 0.717) is 33.8 Å². The Morgan fingerprint density at radius 1 is 1.28 bits per heavy atom. The number of alkyl halides is 1. The molecule has 0 saturated carbocycles. The minimum absolute atomic E-state index is 0.184. The van der Waals surface area contributed by atoms with Crippen LogP contribution >= 0.6 is 0 Å². The van der Waals surface area contributed by atoms with Gasteiger partial charge in [0, 0.05) is 0 Å². The molecule has 1 aliphatic heterocycles. The Hall–Kier alpha value is -3.84. The molecule has 13 heteroatoms. The molecule has 1 fully saturated rings. The van der Waals surface area contributed by atoms with Crippen molar-refractivity contribution in [3.05, 3.63) is 42.5 Å². The van der Waals surface area contributed by atoms with Gasteiger partial charge in [-0.15, -0.1) is 0 Å². The van der Waals surface area contributed by atoms with E-state index in [1.54, 1.807) is 29.3 Å². The number of nitrogens with zero attached hydrogens (tertiary/aromatic N) is 9. The van der Waals surface area contributed by atoms with Crippen molar-refractivity contribution < 1.29 is 14.3 Å². The van der Waals surface area contributed by atoms with Gasteiger partial charge in [0.15, 0.2) is 0 Å². The second-order valence-corrected chi connectivity index (χ2v) is 12.5. The molecule has 0 bridgehead atoms. The normalized spacial score (nSPS) is 18.4. The van der Waals surface area contributed by atoms with E-state index < -0.39 is 18.3 Å². The van der Waals surface area contributed by atoms with E-state index in [0.717, 1.165) is 20.2 Å². The van der Waals surface area contributed by atoms with Crippen molar-refractivity contribution in [1.29, 1.82) is 5.26 Å². The molecule has 11 nitrogen and oxygen atoms in total. The molecule has 183 valence electrons. The Kier molecular flexibility index (Phi) is 6.41. The molecule has 5 heterocycles. The number of amides is 1. The zero-order valence-electron chi connectivity index (χ0n) is 19.5. The van der Waals surface area contributed by atoms with Crippen molar-refractivity contribution in [1.82, 2.24) is 39.6 Å². The average Bonchev–Trinajstić information content (AvgIpc) is 3.50. The summed E-state index contributed by atoms with van der Waals surface area (Å²) in [6.45, 7) is 4.37. The van der Waals surface area contributed by atoms with Gasteiger partial charge in [0.1, 0.15) is 0 Å². The number of piperidine rings is 1. The van der Waals surface area contributed by atoms with E-state index in [1.807, 2.05) is 6.07 Å².